The summed E-state index contributed by atoms with van der Waals surface area (Å²) in [4.78, 5) is 51.4. The third-order valence-corrected chi connectivity index (χ3v) is 11.1. The number of carbonyl (C=O) groups excluding carboxylic acids is 3. The summed E-state index contributed by atoms with van der Waals surface area (Å²) in [6.07, 6.45) is 3.56. The number of rotatable bonds is 4. The van der Waals surface area contributed by atoms with Gasteiger partial charge in [-0.05, 0) is 73.8 Å². The topological polar surface area (TPSA) is 108 Å². The Balaban J connectivity index is 1.38. The summed E-state index contributed by atoms with van der Waals surface area (Å²) in [5.74, 6) is -0.616. The molecule has 0 unspecified atom stereocenters. The molecule has 3 fully saturated rings. The maximum absolute atomic E-state index is 14.3. The molecular formula is C36H47F2N3O6. The van der Waals surface area contributed by atoms with Crippen LogP contribution in [0.1, 0.15) is 84.3 Å². The quantitative estimate of drug-likeness (QED) is 0.283. The first-order valence-corrected chi connectivity index (χ1v) is 17.2. The molecule has 4 aliphatic rings. The van der Waals surface area contributed by atoms with Crippen molar-refractivity contribution in [3.8, 4) is 11.6 Å². The molecule has 2 saturated carbocycles. The lowest BCUT2D eigenvalue weighted by Crippen LogP contribution is -2.47. The van der Waals surface area contributed by atoms with Gasteiger partial charge in [0.2, 0.25) is 18.2 Å². The first-order chi connectivity index (χ1) is 22.5. The van der Waals surface area contributed by atoms with Gasteiger partial charge in [-0.3, -0.25) is 9.59 Å². The normalized spacial score (nSPS) is 31.9. The van der Waals surface area contributed by atoms with Gasteiger partial charge in [0.1, 0.15) is 29.9 Å². The molecule has 1 aromatic heterocycles. The Hall–Kier alpha value is -3.37. The number of amides is 1. The summed E-state index contributed by atoms with van der Waals surface area (Å²) >= 11 is 0. The second-order valence-corrected chi connectivity index (χ2v) is 15.1. The number of nitrogens with zero attached hydrogens (tertiary/aromatic N) is 3. The predicted molar refractivity (Wildman–Crippen MR) is 170 cm³/mol. The summed E-state index contributed by atoms with van der Waals surface area (Å²) < 4.78 is 46.1. The number of esters is 1. The molecule has 1 amide bonds. The fourth-order valence-electron chi connectivity index (χ4n) is 8.64. The van der Waals surface area contributed by atoms with E-state index >= 15 is 0 Å². The zero-order valence-electron chi connectivity index (χ0n) is 27.8. The highest BCUT2D eigenvalue weighted by atomic mass is 19.3. The molecule has 2 aromatic rings. The molecule has 6 rings (SSSR count). The fourth-order valence-corrected chi connectivity index (χ4v) is 8.64. The van der Waals surface area contributed by atoms with Gasteiger partial charge in [0, 0.05) is 18.4 Å². The van der Waals surface area contributed by atoms with Gasteiger partial charge in [0.25, 0.3) is 0 Å². The molecule has 11 heteroatoms. The maximum Gasteiger partial charge on any atom is 0.306 e. The third-order valence-electron chi connectivity index (χ3n) is 11.1. The van der Waals surface area contributed by atoms with Gasteiger partial charge in [-0.15, -0.1) is 0 Å². The van der Waals surface area contributed by atoms with E-state index < -0.39 is 54.1 Å². The molecule has 1 saturated heterocycles. The summed E-state index contributed by atoms with van der Waals surface area (Å²) in [5, 5.41) is 0. The second-order valence-electron chi connectivity index (χ2n) is 15.1. The molecule has 2 aliphatic carbocycles. The molecule has 0 N–H and O–H groups in total. The zero-order valence-corrected chi connectivity index (χ0v) is 27.8. The number of hydrogen-bond acceptors (Lipinski definition) is 8. The molecule has 3 heterocycles. The molecule has 4 bridgehead atoms. The molecule has 47 heavy (non-hydrogen) atoms. The summed E-state index contributed by atoms with van der Waals surface area (Å²) in [6.45, 7) is 5.53. The van der Waals surface area contributed by atoms with Crippen molar-refractivity contribution < 1.29 is 37.4 Å². The molecule has 256 valence electrons. The largest absolute Gasteiger partial charge is 0.497 e. The van der Waals surface area contributed by atoms with Crippen molar-refractivity contribution in [2.24, 2.45) is 35.0 Å². The molecule has 0 radical (unpaired) electrons. The van der Waals surface area contributed by atoms with Crippen LogP contribution in [-0.2, 0) is 25.5 Å². The Morgan fingerprint density at radius 2 is 1.83 bits per heavy atom. The molecular weight excluding hydrogens is 608 g/mol. The standard InChI is InChI=1S/C36H47F2N3O6/c1-36(2,3)25-17-32(43)47-33-21-11-10-20(14-21)23(33)8-6-5-7-9-27-34(40-28-15-22(45-4)12-13-26(28)39-27)46-30-18-41(35(25)44)29(19-42)24(30)16-31(37)38/h12-13,15,19-21,23-25,29-31,33H,5-11,14,16-18H2,1-4H3/t20-,21+,23-,24+,25-,29-,30+,33-/m1/s1. The van der Waals surface area contributed by atoms with Crippen molar-refractivity contribution in [2.45, 2.75) is 110 Å². The summed E-state index contributed by atoms with van der Waals surface area (Å²) in [5.41, 5.74) is 1.15. The van der Waals surface area contributed by atoms with E-state index in [2.05, 4.69) is 0 Å². The Morgan fingerprint density at radius 1 is 1.04 bits per heavy atom. The monoisotopic (exact) mass is 655 g/mol. The van der Waals surface area contributed by atoms with Gasteiger partial charge in [-0.25, -0.2) is 18.7 Å². The van der Waals surface area contributed by atoms with Crippen molar-refractivity contribution in [3.63, 3.8) is 0 Å². The van der Waals surface area contributed by atoms with E-state index in [-0.39, 0.29) is 24.9 Å². The molecule has 9 nitrogen and oxygen atoms in total. The highest BCUT2D eigenvalue weighted by molar-refractivity contribution is 5.87. The number of carbonyl (C=O) groups is 3. The summed E-state index contributed by atoms with van der Waals surface area (Å²) in [6, 6.07) is 4.24. The van der Waals surface area contributed by atoms with E-state index in [0.29, 0.717) is 52.9 Å². The van der Waals surface area contributed by atoms with E-state index in [9.17, 15) is 23.2 Å². The average Bonchev–Trinajstić information content (AvgIpc) is 3.72. The molecule has 2 aliphatic heterocycles. The predicted octanol–water partition coefficient (Wildman–Crippen LogP) is 6.19. The number of methoxy groups -OCH3 is 1. The number of ether oxygens (including phenoxy) is 3. The van der Waals surface area contributed by atoms with Crippen LogP contribution in [-0.4, -0.2) is 71.4 Å². The highest BCUT2D eigenvalue weighted by Crippen LogP contribution is 2.52. The first kappa shape index (κ1) is 33.5. The van der Waals surface area contributed by atoms with E-state index in [4.69, 9.17) is 24.2 Å². The average molecular weight is 656 g/mol. The van der Waals surface area contributed by atoms with Gasteiger partial charge < -0.3 is 23.9 Å². The SMILES string of the molecule is COc1ccc2nc3c(nc2c1)O[C@H]1CN(C(=O)[C@H](C(C)(C)C)CC(=O)O[C@@H]2[C@H]4CC[C@H](C4)[C@H]2CCCCC3)[C@H](C=O)[C@@H]1CC(F)F. The fraction of sp³-hybridized carbons (Fsp3) is 0.694. The van der Waals surface area contributed by atoms with Crippen LogP contribution in [0, 0.1) is 35.0 Å². The van der Waals surface area contributed by atoms with Gasteiger partial charge in [0.15, 0.2) is 0 Å². The van der Waals surface area contributed by atoms with Crippen LogP contribution in [0.5, 0.6) is 11.6 Å². The van der Waals surface area contributed by atoms with Crippen LogP contribution in [0.2, 0.25) is 0 Å². The Labute approximate surface area is 275 Å². The number of aromatic nitrogens is 2. The van der Waals surface area contributed by atoms with E-state index in [1.54, 1.807) is 13.2 Å². The number of aryl methyl sites for hydroxylation is 1. The van der Waals surface area contributed by atoms with Crippen LogP contribution in [0.15, 0.2) is 18.2 Å². The summed E-state index contributed by atoms with van der Waals surface area (Å²) in [7, 11) is 1.56. The molecule has 1 aromatic carbocycles. The Bertz CT molecular complexity index is 1480. The Kier molecular flexibility index (Phi) is 9.72. The van der Waals surface area contributed by atoms with Gasteiger partial charge >= 0.3 is 5.97 Å². The van der Waals surface area contributed by atoms with Crippen molar-refractivity contribution in [1.82, 2.24) is 14.9 Å². The number of benzene rings is 1. The lowest BCUT2D eigenvalue weighted by atomic mass is 9.77. The van der Waals surface area contributed by atoms with Crippen molar-refractivity contribution in [1.29, 1.82) is 0 Å². The number of halogens is 2. The lowest BCUT2D eigenvalue weighted by molar-refractivity contribution is -0.160. The van der Waals surface area contributed by atoms with Crippen LogP contribution in [0.4, 0.5) is 8.78 Å². The lowest BCUT2D eigenvalue weighted by Gasteiger charge is -2.35. The van der Waals surface area contributed by atoms with Gasteiger partial charge in [-0.1, -0.05) is 33.6 Å². The number of hydrogen-bond donors (Lipinski definition) is 0. The van der Waals surface area contributed by atoms with Crippen molar-refractivity contribution in [3.05, 3.63) is 23.9 Å². The van der Waals surface area contributed by atoms with Crippen LogP contribution < -0.4 is 9.47 Å². The number of aldehydes is 1. The minimum Gasteiger partial charge on any atom is -0.497 e. The minimum absolute atomic E-state index is 0.0903. The van der Waals surface area contributed by atoms with Crippen LogP contribution in [0.3, 0.4) is 0 Å². The second kappa shape index (κ2) is 13.6. The maximum atomic E-state index is 14.3. The molecule has 0 spiro atoms. The van der Waals surface area contributed by atoms with Crippen LogP contribution >= 0.6 is 0 Å². The van der Waals surface area contributed by atoms with E-state index in [1.165, 1.54) is 4.90 Å². The first-order valence-electron chi connectivity index (χ1n) is 17.2. The minimum atomic E-state index is -2.72. The zero-order chi connectivity index (χ0) is 33.5. The van der Waals surface area contributed by atoms with Crippen molar-refractivity contribution in [2.75, 3.05) is 13.7 Å². The van der Waals surface area contributed by atoms with E-state index in [1.807, 2.05) is 32.9 Å². The van der Waals surface area contributed by atoms with Crippen molar-refractivity contribution >= 4 is 29.2 Å². The highest BCUT2D eigenvalue weighted by Gasteiger charge is 2.52. The van der Waals surface area contributed by atoms with Gasteiger partial charge in [0.05, 0.1) is 43.1 Å². The molecule has 8 atom stereocenters. The van der Waals surface area contributed by atoms with Gasteiger partial charge in [-0.2, -0.15) is 0 Å². The van der Waals surface area contributed by atoms with Crippen LogP contribution in [0.25, 0.3) is 11.0 Å². The Morgan fingerprint density at radius 3 is 2.55 bits per heavy atom. The van der Waals surface area contributed by atoms with E-state index in [0.717, 1.165) is 44.9 Å². The third kappa shape index (κ3) is 6.95. The number of fused-ring (bicyclic) bond motifs is 9. The number of alkyl halides is 2. The smallest absolute Gasteiger partial charge is 0.306 e.